The highest BCUT2D eigenvalue weighted by molar-refractivity contribution is 5.92. The van der Waals surface area contributed by atoms with Crippen molar-refractivity contribution in [2.75, 3.05) is 6.61 Å². The van der Waals surface area contributed by atoms with Crippen LogP contribution >= 0.6 is 0 Å². The SMILES string of the molecule is CCC/C=C/COC(=O)c1ccccc1O. The summed E-state index contributed by atoms with van der Waals surface area (Å²) in [5.74, 6) is -0.552. The van der Waals surface area contributed by atoms with E-state index < -0.39 is 5.97 Å². The van der Waals surface area contributed by atoms with Crippen LogP contribution in [0.25, 0.3) is 0 Å². The largest absolute Gasteiger partial charge is 0.507 e. The zero-order valence-corrected chi connectivity index (χ0v) is 9.35. The maximum Gasteiger partial charge on any atom is 0.342 e. The van der Waals surface area contributed by atoms with Gasteiger partial charge in [-0.3, -0.25) is 0 Å². The molecule has 0 fully saturated rings. The standard InChI is InChI=1S/C13H16O3/c1-2-3-4-7-10-16-13(15)11-8-5-6-9-12(11)14/h4-9,14H,2-3,10H2,1H3/b7-4+. The number of esters is 1. The Morgan fingerprint density at radius 3 is 2.81 bits per heavy atom. The number of para-hydroxylation sites is 1. The molecule has 3 nitrogen and oxygen atoms in total. The minimum atomic E-state index is -0.501. The van der Waals surface area contributed by atoms with E-state index in [1.54, 1.807) is 18.2 Å². The number of hydrogen-bond acceptors (Lipinski definition) is 3. The van der Waals surface area contributed by atoms with Gasteiger partial charge in [0.15, 0.2) is 0 Å². The number of phenolic OH excluding ortho intramolecular Hbond substituents is 1. The van der Waals surface area contributed by atoms with Crippen molar-refractivity contribution in [3.63, 3.8) is 0 Å². The quantitative estimate of drug-likeness (QED) is 0.613. The van der Waals surface area contributed by atoms with Crippen LogP contribution in [0.2, 0.25) is 0 Å². The fourth-order valence-electron chi connectivity index (χ4n) is 1.20. The molecule has 3 heteroatoms. The Bertz CT molecular complexity index is 369. The summed E-state index contributed by atoms with van der Waals surface area (Å²) in [5, 5.41) is 9.40. The molecule has 16 heavy (non-hydrogen) atoms. The summed E-state index contributed by atoms with van der Waals surface area (Å²) in [7, 11) is 0. The summed E-state index contributed by atoms with van der Waals surface area (Å²) in [6.07, 6.45) is 5.83. The van der Waals surface area contributed by atoms with Crippen molar-refractivity contribution in [1.82, 2.24) is 0 Å². The molecular weight excluding hydrogens is 204 g/mol. The molecule has 0 saturated carbocycles. The third-order valence-corrected chi connectivity index (χ3v) is 2.06. The molecule has 0 atom stereocenters. The highest BCUT2D eigenvalue weighted by Crippen LogP contribution is 2.16. The van der Waals surface area contributed by atoms with E-state index >= 15 is 0 Å². The molecule has 1 rings (SSSR count). The molecule has 0 unspecified atom stereocenters. The fourth-order valence-corrected chi connectivity index (χ4v) is 1.20. The molecule has 0 heterocycles. The summed E-state index contributed by atoms with van der Waals surface area (Å²) in [4.78, 5) is 11.5. The van der Waals surface area contributed by atoms with Crippen molar-refractivity contribution in [1.29, 1.82) is 0 Å². The second-order valence-electron chi connectivity index (χ2n) is 3.38. The molecule has 0 amide bonds. The lowest BCUT2D eigenvalue weighted by Gasteiger charge is -2.03. The zero-order chi connectivity index (χ0) is 11.8. The second kappa shape index (κ2) is 6.67. The Kier molecular flexibility index (Phi) is 5.12. The van der Waals surface area contributed by atoms with Crippen LogP contribution in [0.15, 0.2) is 36.4 Å². The molecule has 86 valence electrons. The number of allylic oxidation sites excluding steroid dienone is 1. The summed E-state index contributed by atoms with van der Waals surface area (Å²) in [6, 6.07) is 6.34. The lowest BCUT2D eigenvalue weighted by molar-refractivity contribution is 0.0546. The molecule has 0 aliphatic heterocycles. The van der Waals surface area contributed by atoms with Gasteiger partial charge in [0.05, 0.1) is 0 Å². The van der Waals surface area contributed by atoms with E-state index in [4.69, 9.17) is 4.74 Å². The van der Waals surface area contributed by atoms with E-state index in [1.807, 2.05) is 6.08 Å². The van der Waals surface area contributed by atoms with Crippen molar-refractivity contribution in [2.45, 2.75) is 19.8 Å². The van der Waals surface area contributed by atoms with Crippen LogP contribution in [0.5, 0.6) is 5.75 Å². The molecule has 0 aliphatic carbocycles. The molecule has 0 aromatic heterocycles. The number of carbonyl (C=O) groups excluding carboxylic acids is 1. The number of hydrogen-bond donors (Lipinski definition) is 1. The number of aromatic hydroxyl groups is 1. The first-order valence-electron chi connectivity index (χ1n) is 5.35. The Morgan fingerprint density at radius 1 is 1.38 bits per heavy atom. The van der Waals surface area contributed by atoms with Gasteiger partial charge in [0.2, 0.25) is 0 Å². The molecule has 0 bridgehead atoms. The lowest BCUT2D eigenvalue weighted by atomic mass is 10.2. The van der Waals surface area contributed by atoms with E-state index in [0.717, 1.165) is 12.8 Å². The summed E-state index contributed by atoms with van der Waals surface area (Å²) >= 11 is 0. The first kappa shape index (κ1) is 12.3. The van der Waals surface area contributed by atoms with Crippen molar-refractivity contribution in [3.05, 3.63) is 42.0 Å². The number of carbonyl (C=O) groups is 1. The monoisotopic (exact) mass is 220 g/mol. The molecule has 0 aliphatic rings. The Morgan fingerprint density at radius 2 is 2.12 bits per heavy atom. The maximum atomic E-state index is 11.5. The highest BCUT2D eigenvalue weighted by Gasteiger charge is 2.10. The predicted molar refractivity (Wildman–Crippen MR) is 62.4 cm³/mol. The first-order valence-corrected chi connectivity index (χ1v) is 5.35. The second-order valence-corrected chi connectivity index (χ2v) is 3.38. The number of phenols is 1. The van der Waals surface area contributed by atoms with Crippen molar-refractivity contribution >= 4 is 5.97 Å². The van der Waals surface area contributed by atoms with Gasteiger partial charge in [0.1, 0.15) is 17.9 Å². The smallest absolute Gasteiger partial charge is 0.342 e. The van der Waals surface area contributed by atoms with Gasteiger partial charge in [-0.2, -0.15) is 0 Å². The van der Waals surface area contributed by atoms with Gasteiger partial charge in [-0.25, -0.2) is 4.79 Å². The van der Waals surface area contributed by atoms with Crippen LogP contribution in [0.4, 0.5) is 0 Å². The van der Waals surface area contributed by atoms with Crippen LogP contribution in [0.3, 0.4) is 0 Å². The number of ether oxygens (including phenoxy) is 1. The topological polar surface area (TPSA) is 46.5 Å². The van der Waals surface area contributed by atoms with E-state index in [1.165, 1.54) is 12.1 Å². The number of rotatable bonds is 5. The van der Waals surface area contributed by atoms with Gasteiger partial charge in [0.25, 0.3) is 0 Å². The summed E-state index contributed by atoms with van der Waals surface area (Å²) < 4.78 is 4.97. The summed E-state index contributed by atoms with van der Waals surface area (Å²) in [5.41, 5.74) is 0.200. The van der Waals surface area contributed by atoms with Gasteiger partial charge < -0.3 is 9.84 Å². The molecule has 0 saturated heterocycles. The minimum Gasteiger partial charge on any atom is -0.507 e. The molecule has 1 aromatic rings. The fraction of sp³-hybridized carbons (Fsp3) is 0.308. The number of benzene rings is 1. The lowest BCUT2D eigenvalue weighted by Crippen LogP contribution is -2.05. The molecular formula is C13H16O3. The highest BCUT2D eigenvalue weighted by atomic mass is 16.5. The van der Waals surface area contributed by atoms with Gasteiger partial charge in [-0.05, 0) is 18.6 Å². The van der Waals surface area contributed by atoms with Crippen molar-refractivity contribution < 1.29 is 14.6 Å². The van der Waals surface area contributed by atoms with Gasteiger partial charge in [-0.15, -0.1) is 0 Å². The van der Waals surface area contributed by atoms with Crippen LogP contribution in [-0.2, 0) is 4.74 Å². The van der Waals surface area contributed by atoms with Gasteiger partial charge in [-0.1, -0.05) is 37.6 Å². The number of unbranched alkanes of at least 4 members (excludes halogenated alkanes) is 1. The van der Waals surface area contributed by atoms with Gasteiger partial charge in [0, 0.05) is 0 Å². The Labute approximate surface area is 95.4 Å². The first-order chi connectivity index (χ1) is 7.75. The van der Waals surface area contributed by atoms with Gasteiger partial charge >= 0.3 is 5.97 Å². The zero-order valence-electron chi connectivity index (χ0n) is 9.35. The van der Waals surface area contributed by atoms with E-state index in [9.17, 15) is 9.90 Å². The minimum absolute atomic E-state index is 0.0509. The van der Waals surface area contributed by atoms with Crippen molar-refractivity contribution in [3.8, 4) is 5.75 Å². The van der Waals surface area contributed by atoms with Crippen LogP contribution in [0.1, 0.15) is 30.1 Å². The van der Waals surface area contributed by atoms with Crippen molar-refractivity contribution in [2.24, 2.45) is 0 Å². The maximum absolute atomic E-state index is 11.5. The Hall–Kier alpha value is -1.77. The molecule has 1 N–H and O–H groups in total. The van der Waals surface area contributed by atoms with E-state index in [2.05, 4.69) is 6.92 Å². The predicted octanol–water partition coefficient (Wildman–Crippen LogP) is 2.91. The Balaban J connectivity index is 2.44. The van der Waals surface area contributed by atoms with Crippen LogP contribution < -0.4 is 0 Å². The average molecular weight is 220 g/mol. The normalized spacial score (nSPS) is 10.6. The van der Waals surface area contributed by atoms with E-state index in [-0.39, 0.29) is 17.9 Å². The molecule has 0 spiro atoms. The molecule has 0 radical (unpaired) electrons. The van der Waals surface area contributed by atoms with Crippen LogP contribution in [-0.4, -0.2) is 17.7 Å². The average Bonchev–Trinajstić information content (AvgIpc) is 2.29. The van der Waals surface area contributed by atoms with E-state index in [0.29, 0.717) is 0 Å². The summed E-state index contributed by atoms with van der Waals surface area (Å²) in [6.45, 7) is 2.32. The third kappa shape index (κ3) is 3.77. The van der Waals surface area contributed by atoms with Crippen LogP contribution in [0, 0.1) is 0 Å². The third-order valence-electron chi connectivity index (χ3n) is 2.06. The molecule has 1 aromatic carbocycles.